The number of phenolic OH excluding ortho intramolecular Hbond substituents is 1. The third-order valence-electron chi connectivity index (χ3n) is 5.29. The Morgan fingerprint density at radius 2 is 1.71 bits per heavy atom. The van der Waals surface area contributed by atoms with Crippen LogP contribution in [-0.2, 0) is 4.79 Å². The Kier molecular flexibility index (Phi) is 8.02. The summed E-state index contributed by atoms with van der Waals surface area (Å²) in [5.74, 6) is 1.78. The largest absolute Gasteiger partial charge is 0.504 e. The zero-order valence-electron chi connectivity index (χ0n) is 18.8. The third kappa shape index (κ3) is 6.03. The van der Waals surface area contributed by atoms with Gasteiger partial charge in [-0.15, -0.1) is 0 Å². The minimum absolute atomic E-state index is 0.0806. The number of carbonyl (C=O) groups is 1. The molecule has 166 valence electrons. The molecule has 0 bridgehead atoms. The number of thioether (sulfide) groups is 1. The summed E-state index contributed by atoms with van der Waals surface area (Å²) in [7, 11) is 0. The Labute approximate surface area is 188 Å². The fourth-order valence-electron chi connectivity index (χ4n) is 3.60. The number of nitrogens with one attached hydrogen (secondary N) is 1. The quantitative estimate of drug-likeness (QED) is 0.260. The van der Waals surface area contributed by atoms with E-state index in [1.807, 2.05) is 6.07 Å². The predicted octanol–water partition coefficient (Wildman–Crippen LogP) is 7.07. The lowest BCUT2D eigenvalue weighted by Crippen LogP contribution is -2.15. The summed E-state index contributed by atoms with van der Waals surface area (Å²) in [4.78, 5) is 17.0. The molecule has 5 nitrogen and oxygen atoms in total. The summed E-state index contributed by atoms with van der Waals surface area (Å²) >= 11 is 1.54. The third-order valence-corrected chi connectivity index (χ3v) is 6.20. The molecule has 6 heteroatoms. The number of anilines is 1. The number of aromatic hydroxyl groups is 1. The second kappa shape index (κ2) is 10.7. The minimum atomic E-state index is 0.0806. The first-order valence-corrected chi connectivity index (χ1v) is 12.0. The van der Waals surface area contributed by atoms with Crippen LogP contribution < -0.4 is 5.32 Å². The van der Waals surface area contributed by atoms with E-state index in [-0.39, 0.29) is 11.7 Å². The maximum atomic E-state index is 12.6. The number of benzene rings is 2. The molecule has 0 radical (unpaired) electrons. The van der Waals surface area contributed by atoms with Crippen LogP contribution in [0.1, 0.15) is 76.3 Å². The predicted molar refractivity (Wildman–Crippen MR) is 128 cm³/mol. The fraction of sp³-hybridized carbons (Fsp3) is 0.440. The highest BCUT2D eigenvalue weighted by molar-refractivity contribution is 7.99. The van der Waals surface area contributed by atoms with Crippen LogP contribution in [-0.4, -0.2) is 21.8 Å². The number of hydrogen-bond donors (Lipinski definition) is 2. The summed E-state index contributed by atoms with van der Waals surface area (Å²) in [5, 5.41) is 13.6. The van der Waals surface area contributed by atoms with E-state index in [0.29, 0.717) is 34.6 Å². The summed E-state index contributed by atoms with van der Waals surface area (Å²) in [6, 6.07) is 11.5. The molecule has 0 atom stereocenters. The lowest BCUT2D eigenvalue weighted by atomic mass is 9.92. The van der Waals surface area contributed by atoms with Crippen molar-refractivity contribution < 1.29 is 14.3 Å². The summed E-state index contributed by atoms with van der Waals surface area (Å²) in [6.07, 6.45) is 3.31. The van der Waals surface area contributed by atoms with Crippen LogP contribution in [0.5, 0.6) is 5.75 Å². The molecule has 0 saturated heterocycles. The van der Waals surface area contributed by atoms with E-state index in [9.17, 15) is 9.90 Å². The maximum Gasteiger partial charge on any atom is 0.256 e. The molecule has 3 rings (SSSR count). The number of rotatable bonds is 10. The molecule has 31 heavy (non-hydrogen) atoms. The van der Waals surface area contributed by atoms with Crippen LogP contribution in [0, 0.1) is 0 Å². The van der Waals surface area contributed by atoms with Gasteiger partial charge in [0.2, 0.25) is 5.91 Å². The molecule has 0 fully saturated rings. The molecule has 0 spiro atoms. The Bertz CT molecular complexity index is 1000. The van der Waals surface area contributed by atoms with Gasteiger partial charge in [0.25, 0.3) is 5.22 Å². The highest BCUT2D eigenvalue weighted by Gasteiger charge is 2.16. The van der Waals surface area contributed by atoms with E-state index in [1.165, 1.54) is 22.9 Å². The second-order valence-electron chi connectivity index (χ2n) is 8.43. The lowest BCUT2D eigenvalue weighted by Gasteiger charge is -2.20. The first kappa shape index (κ1) is 23.2. The van der Waals surface area contributed by atoms with Crippen molar-refractivity contribution in [3.05, 3.63) is 47.5 Å². The van der Waals surface area contributed by atoms with Crippen molar-refractivity contribution in [1.29, 1.82) is 0 Å². The van der Waals surface area contributed by atoms with Gasteiger partial charge in [0.15, 0.2) is 11.3 Å². The number of aromatic nitrogens is 1. The zero-order chi connectivity index (χ0) is 22.4. The van der Waals surface area contributed by atoms with Gasteiger partial charge in [0.1, 0.15) is 5.52 Å². The number of fused-ring (bicyclic) bond motifs is 1. The molecule has 2 aromatic carbocycles. The number of oxazole rings is 1. The van der Waals surface area contributed by atoms with Crippen LogP contribution >= 0.6 is 11.8 Å². The first-order chi connectivity index (χ1) is 14.9. The highest BCUT2D eigenvalue weighted by atomic mass is 32.2. The van der Waals surface area contributed by atoms with Gasteiger partial charge in [-0.2, -0.15) is 0 Å². The van der Waals surface area contributed by atoms with Crippen LogP contribution in [0.3, 0.4) is 0 Å². The summed E-state index contributed by atoms with van der Waals surface area (Å²) < 4.78 is 5.61. The number of unbranched alkanes of at least 4 members (excludes halogenated alkanes) is 2. The molecule has 1 amide bonds. The van der Waals surface area contributed by atoms with Crippen molar-refractivity contribution in [2.45, 2.75) is 70.4 Å². The molecular formula is C25H32N2O3S. The smallest absolute Gasteiger partial charge is 0.256 e. The number of hydrogen-bond acceptors (Lipinski definition) is 5. The van der Waals surface area contributed by atoms with Gasteiger partial charge in [-0.25, -0.2) is 4.98 Å². The molecule has 1 heterocycles. The molecule has 1 aromatic heterocycles. The van der Waals surface area contributed by atoms with Crippen molar-refractivity contribution in [2.24, 2.45) is 0 Å². The van der Waals surface area contributed by atoms with Gasteiger partial charge in [-0.05, 0) is 47.9 Å². The van der Waals surface area contributed by atoms with Crippen molar-refractivity contribution >= 4 is 34.5 Å². The van der Waals surface area contributed by atoms with Crippen LogP contribution in [0.15, 0.2) is 46.0 Å². The standard InChI is InChI=1S/C25H32N2O3S/c1-16(2)18-10-8-11-19(17(3)4)23(18)27-22(29)14-6-5-7-15-31-25-26-20-12-9-13-21(28)24(20)30-25/h8-13,16-17,28H,5-7,14-15H2,1-4H3,(H,27,29). The number of amides is 1. The van der Waals surface area contributed by atoms with Gasteiger partial charge in [0, 0.05) is 17.9 Å². The highest BCUT2D eigenvalue weighted by Crippen LogP contribution is 2.33. The fourth-order valence-corrected chi connectivity index (χ4v) is 4.43. The number of para-hydroxylation sites is 2. The molecule has 0 aliphatic heterocycles. The van der Waals surface area contributed by atoms with Gasteiger partial charge in [-0.3, -0.25) is 4.79 Å². The molecule has 3 aromatic rings. The molecule has 0 aliphatic carbocycles. The van der Waals surface area contributed by atoms with Gasteiger partial charge in [-0.1, -0.05) is 70.1 Å². The average Bonchev–Trinajstić information content (AvgIpc) is 3.14. The normalized spacial score (nSPS) is 11.5. The van der Waals surface area contributed by atoms with Crippen molar-refractivity contribution in [2.75, 3.05) is 11.1 Å². The molecule has 0 unspecified atom stereocenters. The minimum Gasteiger partial charge on any atom is -0.504 e. The SMILES string of the molecule is CC(C)c1cccc(C(C)C)c1NC(=O)CCCCCSc1nc2cccc(O)c2o1. The van der Waals surface area contributed by atoms with Crippen molar-refractivity contribution in [3.63, 3.8) is 0 Å². The second-order valence-corrected chi connectivity index (χ2v) is 9.48. The van der Waals surface area contributed by atoms with Crippen LogP contribution in [0.25, 0.3) is 11.1 Å². The van der Waals surface area contributed by atoms with E-state index >= 15 is 0 Å². The maximum absolute atomic E-state index is 12.6. The first-order valence-electron chi connectivity index (χ1n) is 11.0. The number of nitrogens with zero attached hydrogens (tertiary/aromatic N) is 1. The van der Waals surface area contributed by atoms with E-state index < -0.39 is 0 Å². The van der Waals surface area contributed by atoms with Gasteiger partial charge < -0.3 is 14.8 Å². The van der Waals surface area contributed by atoms with Crippen LogP contribution in [0.4, 0.5) is 5.69 Å². The average molecular weight is 441 g/mol. The number of phenols is 1. The Balaban J connectivity index is 1.44. The Morgan fingerprint density at radius 1 is 1.03 bits per heavy atom. The van der Waals surface area contributed by atoms with Crippen molar-refractivity contribution in [1.82, 2.24) is 4.98 Å². The molecule has 0 aliphatic rings. The summed E-state index contributed by atoms with van der Waals surface area (Å²) in [6.45, 7) is 8.63. The van der Waals surface area contributed by atoms with E-state index in [0.717, 1.165) is 30.7 Å². The monoisotopic (exact) mass is 440 g/mol. The molecule has 0 saturated carbocycles. The van der Waals surface area contributed by atoms with Crippen LogP contribution in [0.2, 0.25) is 0 Å². The zero-order valence-corrected chi connectivity index (χ0v) is 19.6. The summed E-state index contributed by atoms with van der Waals surface area (Å²) in [5.41, 5.74) is 4.48. The molecule has 2 N–H and O–H groups in total. The Morgan fingerprint density at radius 3 is 2.35 bits per heavy atom. The molecular weight excluding hydrogens is 408 g/mol. The van der Waals surface area contributed by atoms with Crippen molar-refractivity contribution in [3.8, 4) is 5.75 Å². The lowest BCUT2D eigenvalue weighted by molar-refractivity contribution is -0.116. The van der Waals surface area contributed by atoms with E-state index in [4.69, 9.17) is 4.42 Å². The van der Waals surface area contributed by atoms with E-state index in [1.54, 1.807) is 12.1 Å². The van der Waals surface area contributed by atoms with Gasteiger partial charge >= 0.3 is 0 Å². The van der Waals surface area contributed by atoms with Gasteiger partial charge in [0.05, 0.1) is 0 Å². The number of carbonyl (C=O) groups excluding carboxylic acids is 1. The topological polar surface area (TPSA) is 75.4 Å². The van der Waals surface area contributed by atoms with E-state index in [2.05, 4.69) is 56.2 Å². The Hall–Kier alpha value is -2.47.